The lowest BCUT2D eigenvalue weighted by Crippen LogP contribution is -2.13. The number of halogens is 1. The Morgan fingerprint density at radius 2 is 2.00 bits per heavy atom. The molecular weight excluding hydrogens is 304 g/mol. The molecule has 0 unspecified atom stereocenters. The van der Waals surface area contributed by atoms with Crippen LogP contribution in [0.25, 0.3) is 0 Å². The van der Waals surface area contributed by atoms with Crippen molar-refractivity contribution in [3.05, 3.63) is 58.1 Å². The van der Waals surface area contributed by atoms with Crippen LogP contribution >= 0.6 is 15.9 Å². The molecule has 0 bridgehead atoms. The Hall–Kier alpha value is -1.81. The van der Waals surface area contributed by atoms with Gasteiger partial charge in [-0.15, -0.1) is 0 Å². The van der Waals surface area contributed by atoms with Crippen LogP contribution in [0.4, 0.5) is 0 Å². The predicted molar refractivity (Wildman–Crippen MR) is 81.1 cm³/mol. The van der Waals surface area contributed by atoms with Gasteiger partial charge in [0.2, 0.25) is 0 Å². The first-order valence-electron chi connectivity index (χ1n) is 6.01. The van der Waals surface area contributed by atoms with Gasteiger partial charge in [0.15, 0.2) is 0 Å². The highest BCUT2D eigenvalue weighted by Crippen LogP contribution is 2.30. The standard InChI is InChI=1S/C15H15BrN2O/c1-2-10-5-3-6-11(9-10)19-13-8-4-7-12(16)14(13)15(17)18/h3-9H,2H2,1H3,(H3,17,18). The molecule has 0 atom stereocenters. The van der Waals surface area contributed by atoms with Gasteiger partial charge < -0.3 is 10.5 Å². The molecule has 0 saturated heterocycles. The monoisotopic (exact) mass is 318 g/mol. The molecule has 0 heterocycles. The quantitative estimate of drug-likeness (QED) is 0.659. The third kappa shape index (κ3) is 3.15. The van der Waals surface area contributed by atoms with Crippen molar-refractivity contribution in [2.75, 3.05) is 0 Å². The van der Waals surface area contributed by atoms with Crippen molar-refractivity contribution in [2.24, 2.45) is 5.73 Å². The number of amidine groups is 1. The van der Waals surface area contributed by atoms with E-state index < -0.39 is 0 Å². The topological polar surface area (TPSA) is 59.1 Å². The van der Waals surface area contributed by atoms with E-state index in [1.807, 2.05) is 30.3 Å². The summed E-state index contributed by atoms with van der Waals surface area (Å²) in [5.74, 6) is 1.31. The van der Waals surface area contributed by atoms with Crippen molar-refractivity contribution in [1.29, 1.82) is 5.41 Å². The smallest absolute Gasteiger partial charge is 0.139 e. The van der Waals surface area contributed by atoms with E-state index in [4.69, 9.17) is 15.9 Å². The van der Waals surface area contributed by atoms with Crippen molar-refractivity contribution >= 4 is 21.8 Å². The maximum absolute atomic E-state index is 7.63. The van der Waals surface area contributed by atoms with Gasteiger partial charge in [0.1, 0.15) is 17.3 Å². The van der Waals surface area contributed by atoms with Gasteiger partial charge in [-0.1, -0.05) is 25.1 Å². The van der Waals surface area contributed by atoms with Crippen molar-refractivity contribution in [2.45, 2.75) is 13.3 Å². The van der Waals surface area contributed by atoms with Crippen molar-refractivity contribution in [1.82, 2.24) is 0 Å². The van der Waals surface area contributed by atoms with E-state index in [1.165, 1.54) is 5.56 Å². The van der Waals surface area contributed by atoms with Gasteiger partial charge in [-0.2, -0.15) is 0 Å². The predicted octanol–water partition coefficient (Wildman–Crippen LogP) is 4.09. The second-order valence-corrected chi connectivity index (χ2v) is 4.98. The summed E-state index contributed by atoms with van der Waals surface area (Å²) < 4.78 is 6.60. The number of aryl methyl sites for hydroxylation is 1. The lowest BCUT2D eigenvalue weighted by molar-refractivity contribution is 0.480. The molecular formula is C15H15BrN2O. The summed E-state index contributed by atoms with van der Waals surface area (Å²) in [6.07, 6.45) is 0.954. The molecule has 98 valence electrons. The normalized spacial score (nSPS) is 10.2. The minimum atomic E-state index is -0.0193. The van der Waals surface area contributed by atoms with Crippen LogP contribution in [0, 0.1) is 5.41 Å². The minimum Gasteiger partial charge on any atom is -0.457 e. The van der Waals surface area contributed by atoms with Gasteiger partial charge in [-0.3, -0.25) is 5.41 Å². The summed E-state index contributed by atoms with van der Waals surface area (Å²) in [6.45, 7) is 2.10. The molecule has 19 heavy (non-hydrogen) atoms. The molecule has 3 N–H and O–H groups in total. The SMILES string of the molecule is CCc1cccc(Oc2cccc(Br)c2C(=N)N)c1. The van der Waals surface area contributed by atoms with E-state index in [1.54, 1.807) is 6.07 Å². The summed E-state index contributed by atoms with van der Waals surface area (Å²) in [6, 6.07) is 13.4. The van der Waals surface area contributed by atoms with Crippen molar-refractivity contribution in [3.8, 4) is 11.5 Å². The highest BCUT2D eigenvalue weighted by molar-refractivity contribution is 9.10. The second kappa shape index (κ2) is 5.89. The number of hydrogen-bond donors (Lipinski definition) is 2. The third-order valence-electron chi connectivity index (χ3n) is 2.78. The van der Waals surface area contributed by atoms with Gasteiger partial charge in [-0.05, 0) is 52.2 Å². The lowest BCUT2D eigenvalue weighted by Gasteiger charge is -2.12. The van der Waals surface area contributed by atoms with Crippen molar-refractivity contribution in [3.63, 3.8) is 0 Å². The first kappa shape index (κ1) is 13.6. The van der Waals surface area contributed by atoms with Crippen LogP contribution in [0.1, 0.15) is 18.1 Å². The molecule has 0 saturated carbocycles. The molecule has 0 fully saturated rings. The Balaban J connectivity index is 2.38. The summed E-state index contributed by atoms with van der Waals surface area (Å²) >= 11 is 3.39. The Morgan fingerprint density at radius 3 is 2.68 bits per heavy atom. The number of benzene rings is 2. The molecule has 2 rings (SSSR count). The van der Waals surface area contributed by atoms with E-state index >= 15 is 0 Å². The zero-order chi connectivity index (χ0) is 13.8. The van der Waals surface area contributed by atoms with Gasteiger partial charge in [-0.25, -0.2) is 0 Å². The van der Waals surface area contributed by atoms with Crippen molar-refractivity contribution < 1.29 is 4.74 Å². The number of ether oxygens (including phenoxy) is 1. The zero-order valence-corrected chi connectivity index (χ0v) is 12.2. The molecule has 0 aliphatic rings. The summed E-state index contributed by atoms with van der Waals surface area (Å²) in [5, 5.41) is 7.63. The number of hydrogen-bond acceptors (Lipinski definition) is 2. The van der Waals surface area contributed by atoms with E-state index in [9.17, 15) is 0 Å². The summed E-state index contributed by atoms with van der Waals surface area (Å²) in [4.78, 5) is 0. The maximum Gasteiger partial charge on any atom is 0.139 e. The molecule has 0 amide bonds. The van der Waals surface area contributed by atoms with Crippen LogP contribution in [-0.4, -0.2) is 5.84 Å². The molecule has 4 heteroatoms. The first-order chi connectivity index (χ1) is 9.11. The molecule has 0 aromatic heterocycles. The number of nitrogens with two attached hydrogens (primary N) is 1. The van der Waals surface area contributed by atoms with Crippen LogP contribution in [0.15, 0.2) is 46.9 Å². The second-order valence-electron chi connectivity index (χ2n) is 4.13. The van der Waals surface area contributed by atoms with Crippen LogP contribution in [0.2, 0.25) is 0 Å². The fourth-order valence-corrected chi connectivity index (χ4v) is 2.37. The Kier molecular flexibility index (Phi) is 4.22. The molecule has 3 nitrogen and oxygen atoms in total. The van der Waals surface area contributed by atoms with Crippen LogP contribution in [-0.2, 0) is 6.42 Å². The largest absolute Gasteiger partial charge is 0.457 e. The fraction of sp³-hybridized carbons (Fsp3) is 0.133. The highest BCUT2D eigenvalue weighted by Gasteiger charge is 2.11. The highest BCUT2D eigenvalue weighted by atomic mass is 79.9. The van der Waals surface area contributed by atoms with Crippen LogP contribution in [0.5, 0.6) is 11.5 Å². The van der Waals surface area contributed by atoms with Gasteiger partial charge in [0.05, 0.1) is 5.56 Å². The maximum atomic E-state index is 7.63. The summed E-state index contributed by atoms with van der Waals surface area (Å²) in [7, 11) is 0. The van der Waals surface area contributed by atoms with E-state index in [0.717, 1.165) is 16.6 Å². The average Bonchev–Trinajstić information content (AvgIpc) is 2.38. The minimum absolute atomic E-state index is 0.0193. The van der Waals surface area contributed by atoms with Gasteiger partial charge in [0, 0.05) is 4.47 Å². The average molecular weight is 319 g/mol. The number of nitrogens with one attached hydrogen (secondary N) is 1. The fourth-order valence-electron chi connectivity index (χ4n) is 1.81. The number of nitrogen functional groups attached to an aromatic ring is 1. The molecule has 0 aliphatic heterocycles. The summed E-state index contributed by atoms with van der Waals surface area (Å²) in [5.41, 5.74) is 7.38. The van der Waals surface area contributed by atoms with E-state index in [-0.39, 0.29) is 5.84 Å². The first-order valence-corrected chi connectivity index (χ1v) is 6.80. The molecule has 0 spiro atoms. The Bertz CT molecular complexity index is 611. The Labute approximate surface area is 121 Å². The molecule has 2 aromatic rings. The van der Waals surface area contributed by atoms with Gasteiger partial charge >= 0.3 is 0 Å². The van der Waals surface area contributed by atoms with Gasteiger partial charge in [0.25, 0.3) is 0 Å². The third-order valence-corrected chi connectivity index (χ3v) is 3.44. The Morgan fingerprint density at radius 1 is 1.26 bits per heavy atom. The number of rotatable bonds is 4. The van der Waals surface area contributed by atoms with E-state index in [2.05, 4.69) is 28.9 Å². The van der Waals surface area contributed by atoms with Crippen LogP contribution in [0.3, 0.4) is 0 Å². The molecule has 2 aromatic carbocycles. The van der Waals surface area contributed by atoms with E-state index in [0.29, 0.717) is 11.3 Å². The lowest BCUT2D eigenvalue weighted by atomic mass is 10.1. The van der Waals surface area contributed by atoms with Crippen LogP contribution < -0.4 is 10.5 Å². The molecule has 0 radical (unpaired) electrons. The zero-order valence-electron chi connectivity index (χ0n) is 10.6. The molecule has 0 aliphatic carbocycles.